The van der Waals surface area contributed by atoms with E-state index in [0.717, 1.165) is 12.1 Å². The number of amides is 2. The quantitative estimate of drug-likeness (QED) is 0.913. The van der Waals surface area contributed by atoms with E-state index in [9.17, 15) is 18.0 Å². The van der Waals surface area contributed by atoms with Crippen LogP contribution in [0.3, 0.4) is 0 Å². The summed E-state index contributed by atoms with van der Waals surface area (Å²) in [5.41, 5.74) is 5.67. The zero-order valence-corrected chi connectivity index (χ0v) is 10.8. The van der Waals surface area contributed by atoms with Crippen molar-refractivity contribution in [1.29, 1.82) is 0 Å². The van der Waals surface area contributed by atoms with Crippen LogP contribution >= 0.6 is 0 Å². The average Bonchev–Trinajstić information content (AvgIpc) is 2.40. The molecule has 0 unspecified atom stereocenters. The number of nitrogens with zero attached hydrogens (tertiary/aromatic N) is 1. The lowest BCUT2D eigenvalue weighted by Gasteiger charge is -2.10. The molecule has 2 rings (SSSR count). The van der Waals surface area contributed by atoms with Gasteiger partial charge in [-0.25, -0.2) is 9.78 Å². The van der Waals surface area contributed by atoms with Crippen LogP contribution in [0.25, 0.3) is 0 Å². The number of halogens is 3. The van der Waals surface area contributed by atoms with E-state index in [1.54, 1.807) is 12.1 Å². The summed E-state index contributed by atoms with van der Waals surface area (Å²) < 4.78 is 37.4. The summed E-state index contributed by atoms with van der Waals surface area (Å²) in [6, 6.07) is 7.47. The van der Waals surface area contributed by atoms with E-state index in [1.165, 1.54) is 18.3 Å². The summed E-state index contributed by atoms with van der Waals surface area (Å²) in [6.07, 6.45) is -2.53. The number of nitrogens with one attached hydrogen (secondary N) is 1. The van der Waals surface area contributed by atoms with E-state index in [0.29, 0.717) is 23.4 Å². The summed E-state index contributed by atoms with van der Waals surface area (Å²) in [7, 11) is 0. The first kappa shape index (κ1) is 14.8. The van der Waals surface area contributed by atoms with E-state index in [-0.39, 0.29) is 0 Å². The van der Waals surface area contributed by atoms with E-state index in [1.807, 2.05) is 0 Å². The second-order valence-corrected chi connectivity index (χ2v) is 4.37. The van der Waals surface area contributed by atoms with Gasteiger partial charge in [0.05, 0.1) is 5.56 Å². The molecule has 0 bridgehead atoms. The SMILES string of the molecule is NC(=O)Nc1ncccc1Cc1ccc(C(F)(F)F)cc1. The molecule has 0 saturated carbocycles. The van der Waals surface area contributed by atoms with Gasteiger partial charge in [-0.3, -0.25) is 5.32 Å². The Kier molecular flexibility index (Phi) is 4.11. The highest BCUT2D eigenvalue weighted by Crippen LogP contribution is 2.29. The second kappa shape index (κ2) is 5.82. The van der Waals surface area contributed by atoms with Crippen molar-refractivity contribution in [2.75, 3.05) is 5.32 Å². The number of anilines is 1. The van der Waals surface area contributed by atoms with Crippen LogP contribution < -0.4 is 11.1 Å². The summed E-state index contributed by atoms with van der Waals surface area (Å²) in [6.45, 7) is 0. The molecule has 3 N–H and O–H groups in total. The Labute approximate surface area is 118 Å². The van der Waals surface area contributed by atoms with Gasteiger partial charge in [0.1, 0.15) is 5.82 Å². The highest BCUT2D eigenvalue weighted by molar-refractivity contribution is 5.87. The van der Waals surface area contributed by atoms with Crippen molar-refractivity contribution in [2.24, 2.45) is 5.73 Å². The lowest BCUT2D eigenvalue weighted by molar-refractivity contribution is -0.137. The number of primary amides is 1. The largest absolute Gasteiger partial charge is 0.416 e. The van der Waals surface area contributed by atoms with Crippen molar-refractivity contribution < 1.29 is 18.0 Å². The van der Waals surface area contributed by atoms with Crippen LogP contribution in [0.5, 0.6) is 0 Å². The highest BCUT2D eigenvalue weighted by atomic mass is 19.4. The van der Waals surface area contributed by atoms with E-state index < -0.39 is 17.8 Å². The minimum Gasteiger partial charge on any atom is -0.351 e. The number of benzene rings is 1. The standard InChI is InChI=1S/C14H12F3N3O/c15-14(16,17)11-5-3-9(4-6-11)8-10-2-1-7-19-12(10)20-13(18)21/h1-7H,8H2,(H3,18,19,20,21). The number of pyridine rings is 1. The maximum absolute atomic E-state index is 12.5. The predicted octanol–water partition coefficient (Wildman–Crippen LogP) is 3.18. The lowest BCUT2D eigenvalue weighted by atomic mass is 10.0. The van der Waals surface area contributed by atoms with Crippen molar-refractivity contribution in [3.63, 3.8) is 0 Å². The number of rotatable bonds is 3. The smallest absolute Gasteiger partial charge is 0.351 e. The molecular formula is C14H12F3N3O. The average molecular weight is 295 g/mol. The molecule has 0 aliphatic carbocycles. The molecule has 0 spiro atoms. The molecule has 0 radical (unpaired) electrons. The molecule has 0 aliphatic heterocycles. The third-order valence-electron chi connectivity index (χ3n) is 2.81. The summed E-state index contributed by atoms with van der Waals surface area (Å²) in [5.74, 6) is 0.296. The number of carbonyl (C=O) groups is 1. The molecule has 4 nitrogen and oxygen atoms in total. The van der Waals surface area contributed by atoms with Crippen LogP contribution in [0.1, 0.15) is 16.7 Å². The fourth-order valence-electron chi connectivity index (χ4n) is 1.84. The van der Waals surface area contributed by atoms with Gasteiger partial charge in [0.25, 0.3) is 0 Å². The first-order valence-electron chi connectivity index (χ1n) is 6.03. The Hall–Kier alpha value is -2.57. The van der Waals surface area contributed by atoms with Crippen LogP contribution in [0, 0.1) is 0 Å². The van der Waals surface area contributed by atoms with Crippen LogP contribution in [-0.4, -0.2) is 11.0 Å². The Bertz CT molecular complexity index is 639. The van der Waals surface area contributed by atoms with Crippen molar-refractivity contribution in [3.8, 4) is 0 Å². The van der Waals surface area contributed by atoms with Gasteiger partial charge in [-0.15, -0.1) is 0 Å². The fraction of sp³-hybridized carbons (Fsp3) is 0.143. The number of alkyl halides is 3. The summed E-state index contributed by atoms with van der Waals surface area (Å²) in [4.78, 5) is 14.9. The number of hydrogen-bond acceptors (Lipinski definition) is 2. The van der Waals surface area contributed by atoms with Crippen LogP contribution in [0.15, 0.2) is 42.6 Å². The van der Waals surface area contributed by atoms with Gasteiger partial charge in [0.2, 0.25) is 0 Å². The third-order valence-corrected chi connectivity index (χ3v) is 2.81. The molecule has 0 saturated heterocycles. The Morgan fingerprint density at radius 2 is 1.86 bits per heavy atom. The van der Waals surface area contributed by atoms with Gasteiger partial charge in [0.15, 0.2) is 0 Å². The molecule has 0 fully saturated rings. The maximum atomic E-state index is 12.5. The van der Waals surface area contributed by atoms with E-state index >= 15 is 0 Å². The number of hydrogen-bond donors (Lipinski definition) is 2. The zero-order valence-electron chi connectivity index (χ0n) is 10.8. The maximum Gasteiger partial charge on any atom is 0.416 e. The molecule has 21 heavy (non-hydrogen) atoms. The number of nitrogens with two attached hydrogens (primary N) is 1. The van der Waals surface area contributed by atoms with Gasteiger partial charge < -0.3 is 5.73 Å². The summed E-state index contributed by atoms with van der Waals surface area (Å²) >= 11 is 0. The number of urea groups is 1. The molecule has 2 aromatic rings. The molecule has 1 heterocycles. The summed E-state index contributed by atoms with van der Waals surface area (Å²) in [5, 5.41) is 2.38. The Balaban J connectivity index is 2.20. The Morgan fingerprint density at radius 3 is 2.43 bits per heavy atom. The van der Waals surface area contributed by atoms with Gasteiger partial charge in [-0.05, 0) is 29.3 Å². The Morgan fingerprint density at radius 1 is 1.19 bits per heavy atom. The first-order chi connectivity index (χ1) is 9.86. The minimum atomic E-state index is -4.36. The highest BCUT2D eigenvalue weighted by Gasteiger charge is 2.29. The van der Waals surface area contributed by atoms with Crippen molar-refractivity contribution in [3.05, 3.63) is 59.3 Å². The number of aromatic nitrogens is 1. The topological polar surface area (TPSA) is 68.0 Å². The third kappa shape index (κ3) is 3.95. The van der Waals surface area contributed by atoms with Gasteiger partial charge in [-0.2, -0.15) is 13.2 Å². The normalized spacial score (nSPS) is 11.2. The molecular weight excluding hydrogens is 283 g/mol. The van der Waals surface area contributed by atoms with Crippen LogP contribution in [-0.2, 0) is 12.6 Å². The zero-order chi connectivity index (χ0) is 15.5. The lowest BCUT2D eigenvalue weighted by Crippen LogP contribution is -2.21. The molecule has 0 aliphatic rings. The van der Waals surface area contributed by atoms with Gasteiger partial charge >= 0.3 is 12.2 Å². The fourth-order valence-corrected chi connectivity index (χ4v) is 1.84. The molecule has 7 heteroatoms. The molecule has 1 aromatic heterocycles. The molecule has 1 aromatic carbocycles. The van der Waals surface area contributed by atoms with Gasteiger partial charge in [0, 0.05) is 12.6 Å². The van der Waals surface area contributed by atoms with E-state index in [2.05, 4.69) is 10.3 Å². The van der Waals surface area contributed by atoms with Gasteiger partial charge in [-0.1, -0.05) is 18.2 Å². The van der Waals surface area contributed by atoms with Crippen molar-refractivity contribution in [2.45, 2.75) is 12.6 Å². The van der Waals surface area contributed by atoms with Crippen molar-refractivity contribution >= 4 is 11.8 Å². The van der Waals surface area contributed by atoms with Crippen LogP contribution in [0.4, 0.5) is 23.8 Å². The minimum absolute atomic E-state index is 0.296. The molecule has 110 valence electrons. The first-order valence-corrected chi connectivity index (χ1v) is 6.03. The monoisotopic (exact) mass is 295 g/mol. The number of carbonyl (C=O) groups excluding carboxylic acids is 1. The van der Waals surface area contributed by atoms with E-state index in [4.69, 9.17) is 5.73 Å². The van der Waals surface area contributed by atoms with Crippen molar-refractivity contribution in [1.82, 2.24) is 4.98 Å². The predicted molar refractivity (Wildman–Crippen MR) is 71.7 cm³/mol. The molecule has 0 atom stereocenters. The van der Waals surface area contributed by atoms with Crippen LogP contribution in [0.2, 0.25) is 0 Å². The second-order valence-electron chi connectivity index (χ2n) is 4.37. The molecule has 2 amide bonds.